The average molecular weight is 460 g/mol. The number of aromatic nitrogens is 3. The van der Waals surface area contributed by atoms with Gasteiger partial charge in [-0.2, -0.15) is 5.10 Å². The first-order valence-electron chi connectivity index (χ1n) is 11.7. The molecule has 2 aliphatic heterocycles. The molecule has 8 nitrogen and oxygen atoms in total. The van der Waals surface area contributed by atoms with Crippen LogP contribution in [0.1, 0.15) is 35.3 Å². The standard InChI is InChI=1S/C26H29N5O3/c1-29-17-21(15-27-29)22-9-5-10-23(28-22)25(33)30-13-6-11-26(12-14-30)19-31(24(32)18-34-26)16-20-7-3-2-4-8-20/h2-5,7-10,15,17H,6,11-14,16,18-19H2,1H3/t26-/m0/s1. The monoisotopic (exact) mass is 459 g/mol. The quantitative estimate of drug-likeness (QED) is 0.599. The predicted molar refractivity (Wildman–Crippen MR) is 127 cm³/mol. The van der Waals surface area contributed by atoms with Crippen LogP contribution < -0.4 is 0 Å². The second kappa shape index (κ2) is 9.38. The summed E-state index contributed by atoms with van der Waals surface area (Å²) in [5.74, 6) is -0.0566. The summed E-state index contributed by atoms with van der Waals surface area (Å²) in [6.07, 6.45) is 5.96. The lowest BCUT2D eigenvalue weighted by Crippen LogP contribution is -2.54. The molecule has 0 unspecified atom stereocenters. The number of hydrogen-bond donors (Lipinski definition) is 0. The van der Waals surface area contributed by atoms with Crippen LogP contribution in [-0.4, -0.2) is 68.2 Å². The molecular formula is C26H29N5O3. The Bertz CT molecular complexity index is 1180. The fourth-order valence-corrected chi connectivity index (χ4v) is 4.84. The molecule has 176 valence electrons. The number of benzene rings is 1. The van der Waals surface area contributed by atoms with E-state index >= 15 is 0 Å². The van der Waals surface area contributed by atoms with Gasteiger partial charge in [0.1, 0.15) is 12.3 Å². The van der Waals surface area contributed by atoms with Gasteiger partial charge in [0, 0.05) is 38.4 Å². The van der Waals surface area contributed by atoms with E-state index in [1.807, 2.05) is 65.5 Å². The second-order valence-corrected chi connectivity index (χ2v) is 9.16. The van der Waals surface area contributed by atoms with Crippen LogP contribution in [0.5, 0.6) is 0 Å². The van der Waals surface area contributed by atoms with Crippen LogP contribution in [0.15, 0.2) is 60.9 Å². The summed E-state index contributed by atoms with van der Waals surface area (Å²) in [5, 5.41) is 4.20. The number of carbonyl (C=O) groups excluding carboxylic acids is 2. The van der Waals surface area contributed by atoms with Crippen molar-refractivity contribution in [1.82, 2.24) is 24.6 Å². The van der Waals surface area contributed by atoms with Gasteiger partial charge in [-0.3, -0.25) is 14.3 Å². The van der Waals surface area contributed by atoms with E-state index < -0.39 is 5.60 Å². The van der Waals surface area contributed by atoms with Crippen molar-refractivity contribution in [3.05, 3.63) is 72.2 Å². The lowest BCUT2D eigenvalue weighted by atomic mass is 9.92. The van der Waals surface area contributed by atoms with E-state index in [0.717, 1.165) is 29.7 Å². The minimum Gasteiger partial charge on any atom is -0.363 e. The van der Waals surface area contributed by atoms with E-state index in [4.69, 9.17) is 4.74 Å². The number of rotatable bonds is 4. The number of likely N-dealkylation sites (tertiary alicyclic amines) is 1. The van der Waals surface area contributed by atoms with Crippen LogP contribution in [0.2, 0.25) is 0 Å². The number of pyridine rings is 1. The van der Waals surface area contributed by atoms with E-state index in [-0.39, 0.29) is 18.4 Å². The maximum Gasteiger partial charge on any atom is 0.272 e. The molecule has 2 saturated heterocycles. The predicted octanol–water partition coefficient (Wildman–Crippen LogP) is 2.91. The van der Waals surface area contributed by atoms with Gasteiger partial charge in [0.15, 0.2) is 0 Å². The van der Waals surface area contributed by atoms with Gasteiger partial charge in [-0.05, 0) is 37.0 Å². The average Bonchev–Trinajstić information content (AvgIpc) is 3.19. The normalized spacial score (nSPS) is 21.0. The lowest BCUT2D eigenvalue weighted by Gasteiger charge is -2.42. The molecule has 34 heavy (non-hydrogen) atoms. The van der Waals surface area contributed by atoms with Gasteiger partial charge < -0.3 is 14.5 Å². The highest BCUT2D eigenvalue weighted by molar-refractivity contribution is 5.93. The third kappa shape index (κ3) is 4.72. The number of carbonyl (C=O) groups is 2. The Morgan fingerprint density at radius 1 is 1.09 bits per heavy atom. The molecule has 4 heterocycles. The number of nitrogens with zero attached hydrogens (tertiary/aromatic N) is 5. The topological polar surface area (TPSA) is 80.6 Å². The zero-order chi connectivity index (χ0) is 23.5. The zero-order valence-corrected chi connectivity index (χ0v) is 19.4. The zero-order valence-electron chi connectivity index (χ0n) is 19.4. The molecule has 1 spiro atoms. The Labute approximate surface area is 199 Å². The maximum atomic E-state index is 13.3. The summed E-state index contributed by atoms with van der Waals surface area (Å²) in [6.45, 7) is 2.45. The first-order chi connectivity index (χ1) is 16.5. The summed E-state index contributed by atoms with van der Waals surface area (Å²) < 4.78 is 7.84. The number of ether oxygens (including phenoxy) is 1. The van der Waals surface area contributed by atoms with Gasteiger partial charge in [-0.15, -0.1) is 0 Å². The van der Waals surface area contributed by atoms with Crippen molar-refractivity contribution in [2.45, 2.75) is 31.4 Å². The smallest absolute Gasteiger partial charge is 0.272 e. The number of hydrogen-bond acceptors (Lipinski definition) is 5. The molecule has 2 amide bonds. The highest BCUT2D eigenvalue weighted by Gasteiger charge is 2.41. The van der Waals surface area contributed by atoms with E-state index in [1.165, 1.54) is 0 Å². The fourth-order valence-electron chi connectivity index (χ4n) is 4.84. The first-order valence-corrected chi connectivity index (χ1v) is 11.7. The fraction of sp³-hybridized carbons (Fsp3) is 0.385. The maximum absolute atomic E-state index is 13.3. The Morgan fingerprint density at radius 2 is 1.94 bits per heavy atom. The third-order valence-corrected chi connectivity index (χ3v) is 6.70. The molecule has 0 saturated carbocycles. The van der Waals surface area contributed by atoms with Crippen molar-refractivity contribution in [3.8, 4) is 11.3 Å². The molecule has 0 bridgehead atoms. The van der Waals surface area contributed by atoms with Crippen molar-refractivity contribution in [3.63, 3.8) is 0 Å². The lowest BCUT2D eigenvalue weighted by molar-refractivity contribution is -0.166. The molecule has 0 aliphatic carbocycles. The minimum absolute atomic E-state index is 0.0167. The van der Waals surface area contributed by atoms with Crippen molar-refractivity contribution in [2.75, 3.05) is 26.2 Å². The van der Waals surface area contributed by atoms with Crippen molar-refractivity contribution in [2.24, 2.45) is 7.05 Å². The molecule has 0 radical (unpaired) electrons. The summed E-state index contributed by atoms with van der Waals surface area (Å²) in [6, 6.07) is 15.5. The molecule has 2 aliphatic rings. The van der Waals surface area contributed by atoms with Crippen LogP contribution in [0, 0.1) is 0 Å². The second-order valence-electron chi connectivity index (χ2n) is 9.16. The van der Waals surface area contributed by atoms with Gasteiger partial charge in [0.25, 0.3) is 5.91 Å². The third-order valence-electron chi connectivity index (χ3n) is 6.70. The summed E-state index contributed by atoms with van der Waals surface area (Å²) in [7, 11) is 1.85. The Kier molecular flexibility index (Phi) is 6.15. The molecule has 5 rings (SSSR count). The van der Waals surface area contributed by atoms with E-state index in [9.17, 15) is 9.59 Å². The number of amides is 2. The molecule has 2 fully saturated rings. The summed E-state index contributed by atoms with van der Waals surface area (Å²) in [4.78, 5) is 34.2. The largest absolute Gasteiger partial charge is 0.363 e. The molecule has 1 aromatic carbocycles. The molecule has 1 atom stereocenters. The van der Waals surface area contributed by atoms with Crippen LogP contribution in [0.4, 0.5) is 0 Å². The van der Waals surface area contributed by atoms with Crippen molar-refractivity contribution < 1.29 is 14.3 Å². The van der Waals surface area contributed by atoms with Crippen molar-refractivity contribution >= 4 is 11.8 Å². The summed E-state index contributed by atoms with van der Waals surface area (Å²) in [5.41, 5.74) is 2.74. The number of aryl methyl sites for hydroxylation is 1. The number of morpholine rings is 1. The van der Waals surface area contributed by atoms with Crippen LogP contribution in [-0.2, 0) is 23.1 Å². The van der Waals surface area contributed by atoms with Crippen molar-refractivity contribution in [1.29, 1.82) is 0 Å². The van der Waals surface area contributed by atoms with Gasteiger partial charge in [-0.25, -0.2) is 4.98 Å². The Morgan fingerprint density at radius 3 is 2.74 bits per heavy atom. The molecule has 0 N–H and O–H groups in total. The molecule has 8 heteroatoms. The van der Waals surface area contributed by atoms with Gasteiger partial charge in [-0.1, -0.05) is 36.4 Å². The minimum atomic E-state index is -0.414. The van der Waals surface area contributed by atoms with Crippen LogP contribution >= 0.6 is 0 Å². The molecule has 3 aromatic rings. The Balaban J connectivity index is 1.27. The Hall–Kier alpha value is -3.52. The molecular weight excluding hydrogens is 430 g/mol. The van der Waals surface area contributed by atoms with Gasteiger partial charge in [0.05, 0.1) is 24.0 Å². The van der Waals surface area contributed by atoms with Gasteiger partial charge in [0.2, 0.25) is 5.91 Å². The van der Waals surface area contributed by atoms with E-state index in [1.54, 1.807) is 16.9 Å². The highest BCUT2D eigenvalue weighted by Crippen LogP contribution is 2.32. The first kappa shape index (κ1) is 22.3. The van der Waals surface area contributed by atoms with E-state index in [0.29, 0.717) is 38.3 Å². The summed E-state index contributed by atoms with van der Waals surface area (Å²) >= 11 is 0. The van der Waals surface area contributed by atoms with Crippen LogP contribution in [0.3, 0.4) is 0 Å². The SMILES string of the molecule is Cn1cc(-c2cccc(C(=O)N3CCC[C@]4(CC3)CN(Cc3ccccc3)C(=O)CO4)n2)cn1. The van der Waals surface area contributed by atoms with Gasteiger partial charge >= 0.3 is 0 Å². The van der Waals surface area contributed by atoms with Crippen LogP contribution in [0.25, 0.3) is 11.3 Å². The highest BCUT2D eigenvalue weighted by atomic mass is 16.5. The van der Waals surface area contributed by atoms with E-state index in [2.05, 4.69) is 10.1 Å². The molecule has 2 aromatic heterocycles.